The Kier molecular flexibility index (Phi) is 9.14. The van der Waals surface area contributed by atoms with Gasteiger partial charge in [0.05, 0.1) is 5.84 Å². The van der Waals surface area contributed by atoms with E-state index in [2.05, 4.69) is 29.3 Å². The van der Waals surface area contributed by atoms with Crippen LogP contribution >= 0.6 is 0 Å². The summed E-state index contributed by atoms with van der Waals surface area (Å²) >= 11 is 0. The number of fused-ring (bicyclic) bond motifs is 2. The number of carbonyl (C=O) groups excluding carboxylic acids is 1. The van der Waals surface area contributed by atoms with E-state index in [-0.39, 0.29) is 54.9 Å². The smallest absolute Gasteiger partial charge is 0.248 e. The summed E-state index contributed by atoms with van der Waals surface area (Å²) in [5, 5.41) is 20.1. The molecule has 0 radical (unpaired) electrons. The van der Waals surface area contributed by atoms with Crippen molar-refractivity contribution in [3.05, 3.63) is 35.9 Å². The first-order chi connectivity index (χ1) is 18.4. The highest BCUT2D eigenvalue weighted by molar-refractivity contribution is 5.98. The first kappa shape index (κ1) is 29.6. The second-order valence-corrected chi connectivity index (χ2v) is 12.8. The molecule has 0 aromatic heterocycles. The van der Waals surface area contributed by atoms with Crippen molar-refractivity contribution in [2.45, 2.75) is 115 Å². The van der Waals surface area contributed by atoms with E-state index in [9.17, 15) is 13.6 Å². The topological polar surface area (TPSA) is 83.3 Å². The summed E-state index contributed by atoms with van der Waals surface area (Å²) in [6.07, 6.45) is 5.20. The fourth-order valence-electron chi connectivity index (χ4n) is 7.03. The number of piperidine rings is 1. The molecule has 3 N–H and O–H groups in total. The monoisotopic (exact) mass is 543 g/mol. The Morgan fingerprint density at radius 2 is 1.69 bits per heavy atom. The average Bonchev–Trinajstić information content (AvgIpc) is 3.13. The predicted molar refractivity (Wildman–Crippen MR) is 153 cm³/mol. The second-order valence-electron chi connectivity index (χ2n) is 12.8. The number of hydrogen-bond acceptors (Lipinski definition) is 4. The summed E-state index contributed by atoms with van der Waals surface area (Å²) in [5.41, 5.74) is 0.905. The van der Waals surface area contributed by atoms with Crippen LogP contribution in [0.15, 0.2) is 30.3 Å². The van der Waals surface area contributed by atoms with Gasteiger partial charge in [0, 0.05) is 54.8 Å². The highest BCUT2D eigenvalue weighted by Gasteiger charge is 2.44. The summed E-state index contributed by atoms with van der Waals surface area (Å²) in [7, 11) is 0. The van der Waals surface area contributed by atoms with Crippen LogP contribution in [0.2, 0.25) is 0 Å². The standard InChI is InChI=1S/C31H47F2N5O/c1-21(2)28(35)38(22(3)34)27-18-25-10-11-26(19-27)37(25)17-16-30(4,24-8-6-5-7-9-24)20-36-29(39)23-12-14-31(32,33)15-13-23/h5-9,21,23,25-27,34-35H,10-20H2,1-4H3,(H,36,39). The molecule has 0 spiro atoms. The summed E-state index contributed by atoms with van der Waals surface area (Å²) in [6.45, 7) is 9.45. The van der Waals surface area contributed by atoms with Gasteiger partial charge in [0.2, 0.25) is 11.8 Å². The maximum absolute atomic E-state index is 13.6. The maximum Gasteiger partial charge on any atom is 0.248 e. The lowest BCUT2D eigenvalue weighted by atomic mass is 9.78. The maximum atomic E-state index is 13.6. The third-order valence-electron chi connectivity index (χ3n) is 9.53. The summed E-state index contributed by atoms with van der Waals surface area (Å²) < 4.78 is 27.2. The van der Waals surface area contributed by atoms with E-state index in [0.717, 1.165) is 38.6 Å². The Balaban J connectivity index is 1.41. The molecule has 1 saturated carbocycles. The van der Waals surface area contributed by atoms with E-state index < -0.39 is 5.92 Å². The molecule has 3 unspecified atom stereocenters. The fraction of sp³-hybridized carbons (Fsp3) is 0.710. The normalized spacial score (nSPS) is 26.7. The molecule has 3 fully saturated rings. The Hall–Kier alpha value is -2.35. The Morgan fingerprint density at radius 1 is 1.10 bits per heavy atom. The van der Waals surface area contributed by atoms with Crippen molar-refractivity contribution in [3.63, 3.8) is 0 Å². The third-order valence-corrected chi connectivity index (χ3v) is 9.53. The average molecular weight is 544 g/mol. The van der Waals surface area contributed by atoms with Gasteiger partial charge in [-0.25, -0.2) is 8.78 Å². The van der Waals surface area contributed by atoms with Crippen molar-refractivity contribution < 1.29 is 13.6 Å². The Morgan fingerprint density at radius 3 is 2.23 bits per heavy atom. The van der Waals surface area contributed by atoms with E-state index in [0.29, 0.717) is 30.3 Å². The molecule has 2 saturated heterocycles. The molecule has 1 aliphatic carbocycles. The molecular formula is C31H47F2N5O. The quantitative estimate of drug-likeness (QED) is 0.256. The largest absolute Gasteiger partial charge is 0.355 e. The van der Waals surface area contributed by atoms with Crippen molar-refractivity contribution in [1.82, 2.24) is 15.1 Å². The second kappa shape index (κ2) is 12.0. The van der Waals surface area contributed by atoms with Crippen LogP contribution < -0.4 is 5.32 Å². The van der Waals surface area contributed by atoms with Crippen LogP contribution in [0.3, 0.4) is 0 Å². The number of rotatable bonds is 9. The van der Waals surface area contributed by atoms with E-state index in [1.165, 1.54) is 5.56 Å². The molecule has 2 bridgehead atoms. The minimum absolute atomic E-state index is 0.0906. The van der Waals surface area contributed by atoms with Crippen LogP contribution in [0.4, 0.5) is 8.78 Å². The molecule has 3 atom stereocenters. The molecule has 8 heteroatoms. The van der Waals surface area contributed by atoms with Gasteiger partial charge in [0.15, 0.2) is 0 Å². The molecule has 6 nitrogen and oxygen atoms in total. The molecule has 1 amide bonds. The van der Waals surface area contributed by atoms with Crippen molar-refractivity contribution in [2.24, 2.45) is 11.8 Å². The van der Waals surface area contributed by atoms with Crippen molar-refractivity contribution in [3.8, 4) is 0 Å². The fourth-order valence-corrected chi connectivity index (χ4v) is 7.03. The molecule has 2 heterocycles. The number of amides is 1. The van der Waals surface area contributed by atoms with Crippen LogP contribution in [0, 0.1) is 22.7 Å². The van der Waals surface area contributed by atoms with Crippen molar-refractivity contribution >= 4 is 17.6 Å². The van der Waals surface area contributed by atoms with Gasteiger partial charge in [0.25, 0.3) is 0 Å². The van der Waals surface area contributed by atoms with Gasteiger partial charge in [-0.1, -0.05) is 51.1 Å². The first-order valence-corrected chi connectivity index (χ1v) is 14.8. The molecule has 3 aliphatic rings. The highest BCUT2D eigenvalue weighted by atomic mass is 19.3. The summed E-state index contributed by atoms with van der Waals surface area (Å²) in [4.78, 5) is 17.6. The van der Waals surface area contributed by atoms with Crippen molar-refractivity contribution in [2.75, 3.05) is 13.1 Å². The van der Waals surface area contributed by atoms with Crippen LogP contribution in [0.5, 0.6) is 0 Å². The molecule has 4 rings (SSSR count). The van der Waals surface area contributed by atoms with Gasteiger partial charge in [0.1, 0.15) is 5.84 Å². The lowest BCUT2D eigenvalue weighted by molar-refractivity contribution is -0.129. The molecule has 39 heavy (non-hydrogen) atoms. The molecular weight excluding hydrogens is 496 g/mol. The van der Waals surface area contributed by atoms with Gasteiger partial charge >= 0.3 is 0 Å². The van der Waals surface area contributed by atoms with Gasteiger partial charge in [-0.3, -0.25) is 20.5 Å². The van der Waals surface area contributed by atoms with Gasteiger partial charge < -0.3 is 10.2 Å². The zero-order chi connectivity index (χ0) is 28.4. The third kappa shape index (κ3) is 6.87. The van der Waals surface area contributed by atoms with Gasteiger partial charge in [-0.15, -0.1) is 0 Å². The van der Waals surface area contributed by atoms with E-state index in [1.54, 1.807) is 6.92 Å². The minimum atomic E-state index is -2.63. The zero-order valence-corrected chi connectivity index (χ0v) is 24.1. The highest BCUT2D eigenvalue weighted by Crippen LogP contribution is 2.40. The zero-order valence-electron chi connectivity index (χ0n) is 24.1. The SMILES string of the molecule is CC(=N)N(C(=N)C(C)C)C1CC2CCC(C1)N2CCC(C)(CNC(=O)C1CCC(F)(F)CC1)c1ccccc1. The lowest BCUT2D eigenvalue weighted by Crippen LogP contribution is -2.54. The van der Waals surface area contributed by atoms with Crippen LogP contribution in [0.25, 0.3) is 0 Å². The van der Waals surface area contributed by atoms with Crippen LogP contribution in [0.1, 0.15) is 91.0 Å². The number of nitrogens with one attached hydrogen (secondary N) is 3. The van der Waals surface area contributed by atoms with Crippen LogP contribution in [-0.4, -0.2) is 64.5 Å². The predicted octanol–water partition coefficient (Wildman–Crippen LogP) is 6.20. The van der Waals surface area contributed by atoms with E-state index in [4.69, 9.17) is 10.8 Å². The minimum Gasteiger partial charge on any atom is -0.355 e. The lowest BCUT2D eigenvalue weighted by Gasteiger charge is -2.45. The molecule has 1 aromatic rings. The van der Waals surface area contributed by atoms with Gasteiger partial charge in [-0.2, -0.15) is 0 Å². The number of carbonyl (C=O) groups is 1. The number of nitrogens with zero attached hydrogens (tertiary/aromatic N) is 2. The summed E-state index contributed by atoms with van der Waals surface area (Å²) in [5.74, 6) is -1.97. The molecule has 1 aromatic carbocycles. The number of alkyl halides is 2. The van der Waals surface area contributed by atoms with Crippen LogP contribution in [-0.2, 0) is 10.2 Å². The van der Waals surface area contributed by atoms with E-state index >= 15 is 0 Å². The number of benzene rings is 1. The summed E-state index contributed by atoms with van der Waals surface area (Å²) in [6, 6.07) is 11.4. The van der Waals surface area contributed by atoms with Crippen molar-refractivity contribution in [1.29, 1.82) is 10.8 Å². The molecule has 2 aliphatic heterocycles. The van der Waals surface area contributed by atoms with E-state index in [1.807, 2.05) is 36.9 Å². The number of halogens is 2. The Bertz CT molecular complexity index is 1010. The Labute approximate surface area is 232 Å². The molecule has 216 valence electrons. The first-order valence-electron chi connectivity index (χ1n) is 14.8. The van der Waals surface area contributed by atoms with Gasteiger partial charge in [-0.05, 0) is 64.0 Å². The number of hydrogen-bond donors (Lipinski definition) is 3. The number of amidine groups is 2.